The van der Waals surface area contributed by atoms with E-state index in [9.17, 15) is 8.42 Å². The van der Waals surface area contributed by atoms with Gasteiger partial charge in [-0.15, -0.1) is 10.2 Å². The molecule has 0 saturated heterocycles. The van der Waals surface area contributed by atoms with Gasteiger partial charge >= 0.3 is 0 Å². The number of sulfonamides is 1. The first-order valence-corrected chi connectivity index (χ1v) is 8.77. The van der Waals surface area contributed by atoms with Crippen molar-refractivity contribution >= 4 is 21.7 Å². The zero-order chi connectivity index (χ0) is 17.3. The monoisotopic (exact) mass is 334 g/mol. The van der Waals surface area contributed by atoms with Crippen molar-refractivity contribution in [3.8, 4) is 0 Å². The Morgan fingerprint density at radius 2 is 1.57 bits per heavy atom. The molecule has 0 fully saturated rings. The third kappa shape index (κ3) is 4.66. The Kier molecular flexibility index (Phi) is 4.61. The summed E-state index contributed by atoms with van der Waals surface area (Å²) in [7, 11) is -3.68. The van der Waals surface area contributed by atoms with Gasteiger partial charge < -0.3 is 5.32 Å². The summed E-state index contributed by atoms with van der Waals surface area (Å²) in [5, 5.41) is 11.1. The second-order valence-electron chi connectivity index (χ2n) is 6.55. The molecule has 0 aliphatic heterocycles. The van der Waals surface area contributed by atoms with Crippen molar-refractivity contribution in [3.05, 3.63) is 41.5 Å². The molecule has 7 heteroatoms. The van der Waals surface area contributed by atoms with Crippen molar-refractivity contribution in [1.82, 2.24) is 10.2 Å². The van der Waals surface area contributed by atoms with E-state index < -0.39 is 10.0 Å². The number of aryl methyl sites for hydroxylation is 2. The lowest BCUT2D eigenvalue weighted by Gasteiger charge is -2.20. The zero-order valence-corrected chi connectivity index (χ0v) is 14.8. The van der Waals surface area contributed by atoms with Crippen LogP contribution in [0.1, 0.15) is 31.9 Å². The van der Waals surface area contributed by atoms with Crippen LogP contribution in [-0.4, -0.2) is 24.2 Å². The molecule has 0 bridgehead atoms. The summed E-state index contributed by atoms with van der Waals surface area (Å²) in [6, 6.07) is 8.47. The standard InChI is InChI=1S/C16H22N4O2S/c1-11-6-7-13(12(2)10-11)23(21,22)20-15-9-8-14(18-19-15)17-16(3,4)5/h6-10H,1-5H3,(H,17,18)(H,19,20). The summed E-state index contributed by atoms with van der Waals surface area (Å²) in [5.74, 6) is 0.774. The first-order chi connectivity index (χ1) is 10.6. The van der Waals surface area contributed by atoms with Crippen LogP contribution in [0.25, 0.3) is 0 Å². The number of nitrogens with zero attached hydrogens (tertiary/aromatic N) is 2. The molecule has 0 atom stereocenters. The number of nitrogens with one attached hydrogen (secondary N) is 2. The maximum absolute atomic E-state index is 12.5. The largest absolute Gasteiger partial charge is 0.364 e. The van der Waals surface area contributed by atoms with Gasteiger partial charge in [-0.05, 0) is 58.4 Å². The van der Waals surface area contributed by atoms with E-state index in [1.54, 1.807) is 31.2 Å². The second-order valence-corrected chi connectivity index (χ2v) is 8.20. The number of benzene rings is 1. The highest BCUT2D eigenvalue weighted by molar-refractivity contribution is 7.92. The minimum atomic E-state index is -3.68. The van der Waals surface area contributed by atoms with Crippen molar-refractivity contribution < 1.29 is 8.42 Å². The normalized spacial score (nSPS) is 12.0. The van der Waals surface area contributed by atoms with Gasteiger partial charge in [0.2, 0.25) is 0 Å². The highest BCUT2D eigenvalue weighted by Gasteiger charge is 2.18. The summed E-state index contributed by atoms with van der Waals surface area (Å²) in [4.78, 5) is 0.238. The van der Waals surface area contributed by atoms with Crippen LogP contribution in [0.5, 0.6) is 0 Å². The van der Waals surface area contributed by atoms with E-state index in [1.165, 1.54) is 0 Å². The third-order valence-corrected chi connectivity index (χ3v) is 4.54. The summed E-state index contributed by atoms with van der Waals surface area (Å²) in [6.07, 6.45) is 0. The zero-order valence-electron chi connectivity index (χ0n) is 14.0. The van der Waals surface area contributed by atoms with Gasteiger partial charge in [0, 0.05) is 5.54 Å². The van der Waals surface area contributed by atoms with Crippen molar-refractivity contribution in [3.63, 3.8) is 0 Å². The summed E-state index contributed by atoms with van der Waals surface area (Å²) >= 11 is 0. The van der Waals surface area contributed by atoms with Gasteiger partial charge in [0.05, 0.1) is 4.90 Å². The lowest BCUT2D eigenvalue weighted by molar-refractivity contribution is 0.600. The van der Waals surface area contributed by atoms with Crippen LogP contribution in [0, 0.1) is 13.8 Å². The molecule has 2 aromatic rings. The van der Waals surface area contributed by atoms with Crippen molar-refractivity contribution in [2.75, 3.05) is 10.0 Å². The van der Waals surface area contributed by atoms with E-state index in [0.29, 0.717) is 11.4 Å². The predicted molar refractivity (Wildman–Crippen MR) is 92.1 cm³/mol. The van der Waals surface area contributed by atoms with Crippen molar-refractivity contribution in [2.24, 2.45) is 0 Å². The first kappa shape index (κ1) is 17.2. The van der Waals surface area contributed by atoms with Gasteiger partial charge in [-0.1, -0.05) is 17.7 Å². The molecule has 0 unspecified atom stereocenters. The molecule has 0 radical (unpaired) electrons. The van der Waals surface area contributed by atoms with E-state index in [4.69, 9.17) is 0 Å². The molecule has 2 rings (SSSR count). The fraction of sp³-hybridized carbons (Fsp3) is 0.375. The van der Waals surface area contributed by atoms with Gasteiger partial charge in [-0.25, -0.2) is 8.42 Å². The SMILES string of the molecule is Cc1ccc(S(=O)(=O)Nc2ccc(NC(C)(C)C)nn2)c(C)c1. The minimum Gasteiger partial charge on any atom is -0.364 e. The molecular formula is C16H22N4O2S. The van der Waals surface area contributed by atoms with Crippen LogP contribution >= 0.6 is 0 Å². The van der Waals surface area contributed by atoms with Crippen molar-refractivity contribution in [1.29, 1.82) is 0 Å². The van der Waals surface area contributed by atoms with Gasteiger partial charge in [-0.3, -0.25) is 4.72 Å². The van der Waals surface area contributed by atoms with Gasteiger partial charge in [0.15, 0.2) is 5.82 Å². The molecule has 23 heavy (non-hydrogen) atoms. The van der Waals surface area contributed by atoms with Crippen LogP contribution in [-0.2, 0) is 10.0 Å². The number of hydrogen-bond donors (Lipinski definition) is 2. The average Bonchev–Trinajstić information content (AvgIpc) is 2.38. The molecule has 0 aliphatic rings. The molecule has 0 amide bonds. The Morgan fingerprint density at radius 3 is 2.09 bits per heavy atom. The highest BCUT2D eigenvalue weighted by atomic mass is 32.2. The molecule has 124 valence electrons. The lowest BCUT2D eigenvalue weighted by Crippen LogP contribution is -2.26. The quantitative estimate of drug-likeness (QED) is 0.897. The van der Waals surface area contributed by atoms with Crippen LogP contribution in [0.2, 0.25) is 0 Å². The van der Waals surface area contributed by atoms with Crippen molar-refractivity contribution in [2.45, 2.75) is 45.1 Å². The number of aromatic nitrogens is 2. The van der Waals surface area contributed by atoms with Crippen LogP contribution < -0.4 is 10.0 Å². The third-order valence-electron chi connectivity index (χ3n) is 3.03. The maximum atomic E-state index is 12.5. The van der Waals surface area contributed by atoms with Crippen LogP contribution in [0.3, 0.4) is 0 Å². The molecule has 1 aromatic heterocycles. The Hall–Kier alpha value is -2.15. The predicted octanol–water partition coefficient (Wildman–Crippen LogP) is 3.10. The first-order valence-electron chi connectivity index (χ1n) is 7.29. The highest BCUT2D eigenvalue weighted by Crippen LogP contribution is 2.20. The van der Waals surface area contributed by atoms with E-state index in [1.807, 2.05) is 33.8 Å². The number of anilines is 2. The molecule has 2 N–H and O–H groups in total. The fourth-order valence-electron chi connectivity index (χ4n) is 2.13. The lowest BCUT2D eigenvalue weighted by atomic mass is 10.1. The number of hydrogen-bond acceptors (Lipinski definition) is 5. The van der Waals surface area contributed by atoms with Crippen LogP contribution in [0.15, 0.2) is 35.2 Å². The maximum Gasteiger partial charge on any atom is 0.263 e. The topological polar surface area (TPSA) is 84.0 Å². The van der Waals surface area contributed by atoms with Crippen LogP contribution in [0.4, 0.5) is 11.6 Å². The molecule has 6 nitrogen and oxygen atoms in total. The molecule has 1 aromatic carbocycles. The fourth-order valence-corrected chi connectivity index (χ4v) is 3.36. The molecule has 0 saturated carbocycles. The smallest absolute Gasteiger partial charge is 0.263 e. The summed E-state index contributed by atoms with van der Waals surface area (Å²) in [6.45, 7) is 9.70. The molecule has 0 aliphatic carbocycles. The Labute approximate surface area is 137 Å². The number of rotatable bonds is 4. The summed E-state index contributed by atoms with van der Waals surface area (Å²) in [5.41, 5.74) is 1.56. The Balaban J connectivity index is 2.21. The van der Waals surface area contributed by atoms with Gasteiger partial charge in [0.25, 0.3) is 10.0 Å². The minimum absolute atomic E-state index is 0.144. The average molecular weight is 334 g/mol. The van der Waals surface area contributed by atoms with Gasteiger partial charge in [0.1, 0.15) is 5.82 Å². The molecule has 0 spiro atoms. The van der Waals surface area contributed by atoms with E-state index in [0.717, 1.165) is 5.56 Å². The van der Waals surface area contributed by atoms with E-state index in [2.05, 4.69) is 20.2 Å². The molecule has 1 heterocycles. The Morgan fingerprint density at radius 1 is 0.957 bits per heavy atom. The summed E-state index contributed by atoms with van der Waals surface area (Å²) < 4.78 is 27.4. The second kappa shape index (κ2) is 6.16. The molecular weight excluding hydrogens is 312 g/mol. The van der Waals surface area contributed by atoms with E-state index >= 15 is 0 Å². The van der Waals surface area contributed by atoms with E-state index in [-0.39, 0.29) is 16.3 Å². The van der Waals surface area contributed by atoms with Gasteiger partial charge in [-0.2, -0.15) is 0 Å². The Bertz CT molecular complexity index is 794.